The van der Waals surface area contributed by atoms with Crippen LogP contribution in [0.3, 0.4) is 0 Å². The number of benzene rings is 3. The Morgan fingerprint density at radius 3 is 2.07 bits per heavy atom. The molecule has 0 spiro atoms. The molecule has 0 aliphatic heterocycles. The fraction of sp³-hybridized carbons (Fsp3) is 0.355. The molecule has 0 bridgehead atoms. The van der Waals surface area contributed by atoms with Crippen molar-refractivity contribution in [3.05, 3.63) is 102 Å². The minimum atomic E-state index is -4.77. The molecule has 0 aromatic heterocycles. The number of hydrogen-bond acceptors (Lipinski definition) is 7. The number of carbonyl (C=O) groups excluding carboxylic acids is 2. The second-order valence-electron chi connectivity index (χ2n) is 9.34. The lowest BCUT2D eigenvalue weighted by atomic mass is 10.0. The van der Waals surface area contributed by atoms with Gasteiger partial charge in [-0.2, -0.15) is 8.78 Å². The quantitative estimate of drug-likeness (QED) is 0.133. The van der Waals surface area contributed by atoms with Crippen LogP contribution >= 0.6 is 7.60 Å². The highest BCUT2D eigenvalue weighted by molar-refractivity contribution is 7.54. The first-order valence-corrected chi connectivity index (χ1v) is 15.5. The minimum absolute atomic E-state index is 0.00132. The first-order valence-electron chi connectivity index (χ1n) is 14.0. The molecule has 0 aliphatic carbocycles. The topological polar surface area (TPSA) is 112 Å². The molecule has 2 amide bonds. The molecule has 0 saturated heterocycles. The van der Waals surface area contributed by atoms with Gasteiger partial charge in [0.25, 0.3) is 0 Å². The summed E-state index contributed by atoms with van der Waals surface area (Å²) in [6.45, 7) is 3.11. The monoisotopic (exact) mass is 618 g/mol. The number of amides is 2. The molecule has 0 unspecified atom stereocenters. The lowest BCUT2D eigenvalue weighted by Crippen LogP contribution is -2.48. The lowest BCUT2D eigenvalue weighted by Gasteiger charge is -2.26. The second-order valence-corrected chi connectivity index (χ2v) is 11.4. The van der Waals surface area contributed by atoms with E-state index < -0.39 is 36.9 Å². The van der Waals surface area contributed by atoms with E-state index in [1.165, 1.54) is 26.0 Å². The summed E-state index contributed by atoms with van der Waals surface area (Å²) in [6.07, 6.45) is -0.323. The predicted octanol–water partition coefficient (Wildman–Crippen LogP) is 6.42. The van der Waals surface area contributed by atoms with Gasteiger partial charge in [0.15, 0.2) is 0 Å². The molecule has 9 nitrogen and oxygen atoms in total. The number of carbonyl (C=O) groups is 2. The van der Waals surface area contributed by atoms with E-state index in [0.717, 1.165) is 17.7 Å². The summed E-state index contributed by atoms with van der Waals surface area (Å²) in [5.74, 6) is 0.227. The molecule has 232 valence electrons. The molecule has 3 rings (SSSR count). The van der Waals surface area contributed by atoms with Crippen molar-refractivity contribution in [2.24, 2.45) is 0 Å². The molecule has 3 aromatic rings. The number of rotatable bonds is 17. The van der Waals surface area contributed by atoms with Gasteiger partial charge in [0.05, 0.1) is 19.8 Å². The molecule has 0 aliphatic rings. The van der Waals surface area contributed by atoms with Crippen molar-refractivity contribution in [1.82, 2.24) is 10.6 Å². The molecule has 0 heterocycles. The zero-order valence-corrected chi connectivity index (χ0v) is 25.1. The van der Waals surface area contributed by atoms with Crippen molar-refractivity contribution < 1.29 is 41.5 Å². The maximum atomic E-state index is 15.1. The van der Waals surface area contributed by atoms with Crippen LogP contribution in [-0.2, 0) is 41.8 Å². The van der Waals surface area contributed by atoms with Gasteiger partial charge in [0.1, 0.15) is 18.4 Å². The van der Waals surface area contributed by atoms with Gasteiger partial charge in [-0.05, 0) is 43.5 Å². The summed E-state index contributed by atoms with van der Waals surface area (Å²) < 4.78 is 63.7. The zero-order valence-electron chi connectivity index (χ0n) is 24.2. The first kappa shape index (κ1) is 33.7. The van der Waals surface area contributed by atoms with Crippen LogP contribution < -0.4 is 15.4 Å². The smallest absolute Gasteiger partial charge is 0.408 e. The van der Waals surface area contributed by atoms with Crippen LogP contribution in [0.25, 0.3) is 0 Å². The van der Waals surface area contributed by atoms with Crippen LogP contribution in [0.4, 0.5) is 13.6 Å². The van der Waals surface area contributed by atoms with Crippen LogP contribution in [-0.4, -0.2) is 44.4 Å². The molecule has 43 heavy (non-hydrogen) atoms. The van der Waals surface area contributed by atoms with Crippen LogP contribution in [0.2, 0.25) is 0 Å². The third-order valence-electron chi connectivity index (χ3n) is 6.14. The van der Waals surface area contributed by atoms with Gasteiger partial charge >= 0.3 is 19.4 Å². The Kier molecular flexibility index (Phi) is 13.1. The molecular formula is C31H37F2N2O7P. The maximum absolute atomic E-state index is 15.1. The lowest BCUT2D eigenvalue weighted by molar-refractivity contribution is -0.123. The van der Waals surface area contributed by atoms with E-state index in [1.807, 2.05) is 48.5 Å². The molecule has 0 saturated carbocycles. The summed E-state index contributed by atoms with van der Waals surface area (Å²) in [5, 5.41) is 5.34. The van der Waals surface area contributed by atoms with Gasteiger partial charge < -0.3 is 29.2 Å². The van der Waals surface area contributed by atoms with E-state index in [4.69, 9.17) is 18.5 Å². The summed E-state index contributed by atoms with van der Waals surface area (Å²) in [6, 6.07) is 22.2. The molecule has 0 fully saturated rings. The Balaban J connectivity index is 1.66. The standard InChI is InChI=1S/C31H37F2N2O7P/c1-3-41-43(38,42-4-2)31(32,33)26-18-16-24(17-19-26)22-28(35-30(37)40-23-25-12-7-5-8-13-25)29(36)34-20-11-21-39-27-14-9-6-10-15-27/h5-10,12-19,28H,3-4,11,20-23H2,1-2H3,(H,34,36)(H,35,37)/t28-/m0/s1. The van der Waals surface area contributed by atoms with Crippen molar-refractivity contribution in [2.75, 3.05) is 26.4 Å². The normalized spacial score (nSPS) is 12.3. The van der Waals surface area contributed by atoms with E-state index in [-0.39, 0.29) is 32.8 Å². The van der Waals surface area contributed by atoms with Gasteiger partial charge in [0.2, 0.25) is 5.91 Å². The Labute approximate surface area is 250 Å². The fourth-order valence-corrected chi connectivity index (χ4v) is 5.55. The summed E-state index contributed by atoms with van der Waals surface area (Å²) in [5.41, 5.74) is -3.21. The van der Waals surface area contributed by atoms with E-state index in [2.05, 4.69) is 10.6 Å². The SMILES string of the molecule is CCOP(=O)(OCC)C(F)(F)c1ccc(C[C@H](NC(=O)OCc2ccccc2)C(=O)NCCCOc2ccccc2)cc1. The Morgan fingerprint density at radius 1 is 0.860 bits per heavy atom. The Morgan fingerprint density at radius 2 is 1.47 bits per heavy atom. The number of alkyl halides is 2. The van der Waals surface area contributed by atoms with Gasteiger partial charge in [0, 0.05) is 18.5 Å². The van der Waals surface area contributed by atoms with Gasteiger partial charge in [-0.3, -0.25) is 9.36 Å². The molecule has 2 N–H and O–H groups in total. The number of halogens is 2. The molecule has 12 heteroatoms. The van der Waals surface area contributed by atoms with Crippen molar-refractivity contribution in [3.63, 3.8) is 0 Å². The summed E-state index contributed by atoms with van der Waals surface area (Å²) in [4.78, 5) is 25.7. The summed E-state index contributed by atoms with van der Waals surface area (Å²) >= 11 is 0. The highest BCUT2D eigenvalue weighted by Gasteiger charge is 2.54. The van der Waals surface area contributed by atoms with Crippen LogP contribution in [0.1, 0.15) is 37.0 Å². The minimum Gasteiger partial charge on any atom is -0.494 e. The maximum Gasteiger partial charge on any atom is 0.408 e. The third-order valence-corrected chi connectivity index (χ3v) is 8.28. The number of para-hydroxylation sites is 1. The molecule has 0 radical (unpaired) electrons. The van der Waals surface area contributed by atoms with E-state index >= 15 is 8.78 Å². The van der Waals surface area contributed by atoms with Crippen LogP contribution in [0.5, 0.6) is 5.75 Å². The highest BCUT2D eigenvalue weighted by atomic mass is 31.2. The molecular weight excluding hydrogens is 581 g/mol. The average molecular weight is 619 g/mol. The zero-order chi connectivity index (χ0) is 31.1. The Bertz CT molecular complexity index is 1320. The van der Waals surface area contributed by atoms with Crippen molar-refractivity contribution >= 4 is 19.6 Å². The highest BCUT2D eigenvalue weighted by Crippen LogP contribution is 2.66. The second kappa shape index (κ2) is 16.7. The van der Waals surface area contributed by atoms with Crippen LogP contribution in [0, 0.1) is 0 Å². The average Bonchev–Trinajstić information content (AvgIpc) is 3.01. The number of ether oxygens (including phenoxy) is 2. The van der Waals surface area contributed by atoms with Gasteiger partial charge in [-0.15, -0.1) is 0 Å². The number of nitrogens with one attached hydrogen (secondary N) is 2. The van der Waals surface area contributed by atoms with Crippen molar-refractivity contribution in [3.8, 4) is 5.75 Å². The fourth-order valence-electron chi connectivity index (χ4n) is 4.00. The summed E-state index contributed by atoms with van der Waals surface area (Å²) in [7, 11) is -4.77. The Hall–Kier alpha value is -3.79. The van der Waals surface area contributed by atoms with Crippen molar-refractivity contribution in [2.45, 2.75) is 45.0 Å². The largest absolute Gasteiger partial charge is 0.494 e. The molecule has 3 aromatic carbocycles. The predicted molar refractivity (Wildman–Crippen MR) is 158 cm³/mol. The van der Waals surface area contributed by atoms with E-state index in [9.17, 15) is 14.2 Å². The van der Waals surface area contributed by atoms with Crippen molar-refractivity contribution in [1.29, 1.82) is 0 Å². The van der Waals surface area contributed by atoms with Crippen LogP contribution in [0.15, 0.2) is 84.9 Å². The molecule has 1 atom stereocenters. The van der Waals surface area contributed by atoms with E-state index in [0.29, 0.717) is 24.3 Å². The first-order chi connectivity index (χ1) is 20.7. The van der Waals surface area contributed by atoms with Gasteiger partial charge in [-0.25, -0.2) is 4.79 Å². The number of hydrogen-bond donors (Lipinski definition) is 2. The number of alkyl carbamates (subject to hydrolysis) is 1. The van der Waals surface area contributed by atoms with E-state index in [1.54, 1.807) is 12.1 Å². The van der Waals surface area contributed by atoms with Gasteiger partial charge in [-0.1, -0.05) is 72.8 Å². The third kappa shape index (κ3) is 10.2.